The van der Waals surface area contributed by atoms with Gasteiger partial charge in [0.15, 0.2) is 0 Å². The fraction of sp³-hybridized carbons (Fsp3) is 0.278. The average molecular weight is 603 g/mol. The van der Waals surface area contributed by atoms with Crippen molar-refractivity contribution in [3.63, 3.8) is 0 Å². The Morgan fingerprint density at radius 2 is 1.50 bits per heavy atom. The van der Waals surface area contributed by atoms with Crippen molar-refractivity contribution in [3.05, 3.63) is 126 Å². The number of pyridine rings is 3. The lowest BCUT2D eigenvalue weighted by atomic mass is 9.92. The molecular formula is C36H38N4O3Si. The van der Waals surface area contributed by atoms with Gasteiger partial charge in [0.1, 0.15) is 11.2 Å². The minimum absolute atomic E-state index is 0.0805. The van der Waals surface area contributed by atoms with Gasteiger partial charge in [-0.3, -0.25) is 14.6 Å². The maximum absolute atomic E-state index is 13.4. The molecule has 0 bridgehead atoms. The summed E-state index contributed by atoms with van der Waals surface area (Å²) in [5.41, 5.74) is 0.914. The van der Waals surface area contributed by atoms with E-state index in [2.05, 4.69) is 96.7 Å². The number of carbonyl (C=O) groups excluding carboxylic acids is 1. The standard InChI is InChI=1S/C36H38N4O3Si/c1-36(2,3)44(29-13-6-4-7-14-29,30-15-8-5-9-16-30)43-28-20-18-27(19-21-28)40-25-32(33(41)31-17-11-23-38-34(31)40)35(42)39-26-12-10-22-37-24-26/h4-17,22-25,27-28H,18-21H2,1-3H3,(H,39,42)/t27-,28-. The van der Waals surface area contributed by atoms with Crippen LogP contribution in [0.4, 0.5) is 5.69 Å². The highest BCUT2D eigenvalue weighted by molar-refractivity contribution is 6.99. The molecule has 7 nitrogen and oxygen atoms in total. The molecule has 1 N–H and O–H groups in total. The summed E-state index contributed by atoms with van der Waals surface area (Å²) in [6, 6.07) is 28.6. The number of nitrogens with one attached hydrogen (secondary N) is 1. The molecule has 1 amide bonds. The maximum Gasteiger partial charge on any atom is 0.261 e. The molecule has 3 aromatic heterocycles. The summed E-state index contributed by atoms with van der Waals surface area (Å²) < 4.78 is 9.46. The lowest BCUT2D eigenvalue weighted by molar-refractivity contribution is 0.102. The Morgan fingerprint density at radius 3 is 2.09 bits per heavy atom. The van der Waals surface area contributed by atoms with Crippen LogP contribution in [0.25, 0.3) is 11.0 Å². The van der Waals surface area contributed by atoms with Gasteiger partial charge >= 0.3 is 0 Å². The number of fused-ring (bicyclic) bond motifs is 1. The van der Waals surface area contributed by atoms with Crippen LogP contribution in [0, 0.1) is 0 Å². The zero-order valence-electron chi connectivity index (χ0n) is 25.4. The van der Waals surface area contributed by atoms with Crippen molar-refractivity contribution in [2.24, 2.45) is 0 Å². The molecule has 1 saturated carbocycles. The molecule has 0 radical (unpaired) electrons. The summed E-state index contributed by atoms with van der Waals surface area (Å²) in [7, 11) is -2.67. The van der Waals surface area contributed by atoms with Crippen LogP contribution in [0.1, 0.15) is 62.9 Å². The molecule has 6 rings (SSSR count). The first-order chi connectivity index (χ1) is 21.3. The number of anilines is 1. The van der Waals surface area contributed by atoms with Crippen LogP contribution in [0.3, 0.4) is 0 Å². The number of benzene rings is 2. The van der Waals surface area contributed by atoms with Crippen molar-refractivity contribution >= 4 is 41.3 Å². The number of hydrogen-bond acceptors (Lipinski definition) is 5. The molecule has 0 spiro atoms. The molecule has 0 saturated heterocycles. The van der Waals surface area contributed by atoms with Crippen molar-refractivity contribution in [1.29, 1.82) is 0 Å². The Hall–Kier alpha value is -4.40. The fourth-order valence-corrected chi connectivity index (χ4v) is 11.4. The topological polar surface area (TPSA) is 86.1 Å². The smallest absolute Gasteiger partial charge is 0.261 e. The molecule has 0 unspecified atom stereocenters. The van der Waals surface area contributed by atoms with Crippen molar-refractivity contribution in [2.45, 2.75) is 63.6 Å². The van der Waals surface area contributed by atoms with Gasteiger partial charge in [-0.15, -0.1) is 0 Å². The van der Waals surface area contributed by atoms with Crippen LogP contribution in [-0.4, -0.2) is 34.9 Å². The highest BCUT2D eigenvalue weighted by Gasteiger charge is 2.51. The summed E-state index contributed by atoms with van der Waals surface area (Å²) in [6.45, 7) is 6.92. The third-order valence-corrected chi connectivity index (χ3v) is 13.8. The zero-order valence-corrected chi connectivity index (χ0v) is 26.4. The minimum Gasteiger partial charge on any atom is -0.404 e. The van der Waals surface area contributed by atoms with Gasteiger partial charge in [0.05, 0.1) is 17.3 Å². The average Bonchev–Trinajstić information content (AvgIpc) is 3.05. The molecule has 44 heavy (non-hydrogen) atoms. The Kier molecular flexibility index (Phi) is 8.29. The third-order valence-electron chi connectivity index (χ3n) is 8.75. The zero-order chi connectivity index (χ0) is 30.7. The number of nitrogens with zero attached hydrogens (tertiary/aromatic N) is 3. The quantitative estimate of drug-likeness (QED) is 0.228. The number of carbonyl (C=O) groups is 1. The minimum atomic E-state index is -2.67. The SMILES string of the molecule is CC(C)(C)[Si](O[C@H]1CC[C@H](n2cc(C(=O)Nc3cccnc3)c(=O)c3cccnc32)CC1)(c1ccccc1)c1ccccc1. The molecular weight excluding hydrogens is 565 g/mol. The normalized spacial score (nSPS) is 17.3. The van der Waals surface area contributed by atoms with E-state index in [4.69, 9.17) is 4.43 Å². The highest BCUT2D eigenvalue weighted by atomic mass is 28.4. The largest absolute Gasteiger partial charge is 0.404 e. The van der Waals surface area contributed by atoms with Crippen LogP contribution < -0.4 is 21.1 Å². The second-order valence-electron chi connectivity index (χ2n) is 12.6. The van der Waals surface area contributed by atoms with Gasteiger partial charge in [0, 0.05) is 30.7 Å². The highest BCUT2D eigenvalue weighted by Crippen LogP contribution is 2.40. The first kappa shape index (κ1) is 29.7. The van der Waals surface area contributed by atoms with E-state index in [0.717, 1.165) is 25.7 Å². The van der Waals surface area contributed by atoms with Crippen LogP contribution in [0.5, 0.6) is 0 Å². The Balaban J connectivity index is 1.30. The van der Waals surface area contributed by atoms with Crippen molar-refractivity contribution in [2.75, 3.05) is 5.32 Å². The van der Waals surface area contributed by atoms with Crippen molar-refractivity contribution in [1.82, 2.24) is 14.5 Å². The predicted octanol–water partition coefficient (Wildman–Crippen LogP) is 6.10. The van der Waals surface area contributed by atoms with E-state index in [-0.39, 0.29) is 28.2 Å². The fourth-order valence-electron chi connectivity index (χ4n) is 6.64. The lowest BCUT2D eigenvalue weighted by Gasteiger charge is -2.46. The van der Waals surface area contributed by atoms with E-state index < -0.39 is 14.2 Å². The first-order valence-corrected chi connectivity index (χ1v) is 17.2. The summed E-state index contributed by atoms with van der Waals surface area (Å²) in [6.07, 6.45) is 10.1. The second-order valence-corrected chi connectivity index (χ2v) is 16.8. The van der Waals surface area contributed by atoms with Crippen LogP contribution >= 0.6 is 0 Å². The molecule has 1 aliphatic rings. The number of rotatable bonds is 7. The van der Waals surface area contributed by atoms with Gasteiger partial charge in [-0.1, -0.05) is 81.4 Å². The molecule has 0 aliphatic heterocycles. The molecule has 1 aliphatic carbocycles. The van der Waals surface area contributed by atoms with Crippen molar-refractivity contribution in [3.8, 4) is 0 Å². The molecule has 224 valence electrons. The van der Waals surface area contributed by atoms with E-state index in [0.29, 0.717) is 16.7 Å². The van der Waals surface area contributed by atoms with Crippen LogP contribution in [0.2, 0.25) is 5.04 Å². The first-order valence-electron chi connectivity index (χ1n) is 15.3. The van der Waals surface area contributed by atoms with E-state index >= 15 is 0 Å². The van der Waals surface area contributed by atoms with E-state index in [1.54, 1.807) is 49.1 Å². The summed E-state index contributed by atoms with van der Waals surface area (Å²) in [5, 5.41) is 5.72. The summed E-state index contributed by atoms with van der Waals surface area (Å²) >= 11 is 0. The molecule has 2 aromatic carbocycles. The predicted molar refractivity (Wildman–Crippen MR) is 178 cm³/mol. The van der Waals surface area contributed by atoms with E-state index in [1.165, 1.54) is 10.4 Å². The molecule has 8 heteroatoms. The van der Waals surface area contributed by atoms with Gasteiger partial charge in [0.2, 0.25) is 5.43 Å². The van der Waals surface area contributed by atoms with Gasteiger partial charge in [0.25, 0.3) is 14.2 Å². The van der Waals surface area contributed by atoms with Gasteiger partial charge in [-0.25, -0.2) is 4.98 Å². The van der Waals surface area contributed by atoms with Crippen molar-refractivity contribution < 1.29 is 9.22 Å². The molecule has 0 atom stereocenters. The lowest BCUT2D eigenvalue weighted by Crippen LogP contribution is -2.67. The number of amides is 1. The second kappa shape index (κ2) is 12.3. The summed E-state index contributed by atoms with van der Waals surface area (Å²) in [4.78, 5) is 35.4. The van der Waals surface area contributed by atoms with E-state index in [9.17, 15) is 9.59 Å². The Morgan fingerprint density at radius 1 is 0.864 bits per heavy atom. The van der Waals surface area contributed by atoms with Gasteiger partial charge in [-0.05, 0) is 65.4 Å². The molecule has 3 heterocycles. The number of aromatic nitrogens is 3. The molecule has 1 fully saturated rings. The third kappa shape index (κ3) is 5.63. The van der Waals surface area contributed by atoms with E-state index in [1.807, 2.05) is 4.57 Å². The van der Waals surface area contributed by atoms with Crippen LogP contribution in [-0.2, 0) is 4.43 Å². The number of hydrogen-bond donors (Lipinski definition) is 1. The molecule has 5 aromatic rings. The monoisotopic (exact) mass is 602 g/mol. The van der Waals surface area contributed by atoms with Crippen LogP contribution in [0.15, 0.2) is 115 Å². The Bertz CT molecular complexity index is 1760. The maximum atomic E-state index is 13.4. The Labute approximate surface area is 259 Å². The van der Waals surface area contributed by atoms with Gasteiger partial charge < -0.3 is 14.3 Å². The summed E-state index contributed by atoms with van der Waals surface area (Å²) in [5.74, 6) is -0.453. The van der Waals surface area contributed by atoms with Gasteiger partial charge in [-0.2, -0.15) is 0 Å².